The van der Waals surface area contributed by atoms with Gasteiger partial charge in [-0.3, -0.25) is 0 Å². The van der Waals surface area contributed by atoms with E-state index in [4.69, 9.17) is 34.8 Å². The van der Waals surface area contributed by atoms with Gasteiger partial charge in [0.25, 0.3) is 0 Å². The van der Waals surface area contributed by atoms with Crippen molar-refractivity contribution in [2.45, 2.75) is 0 Å². The number of benzene rings is 1. The summed E-state index contributed by atoms with van der Waals surface area (Å²) in [7, 11) is 1.82. The Morgan fingerprint density at radius 2 is 2.00 bits per heavy atom. The first kappa shape index (κ1) is 11.7. The lowest BCUT2D eigenvalue weighted by molar-refractivity contribution is 0.938. The Bertz CT molecular complexity index is 390. The number of halogens is 3. The molecular weight excluding hydrogens is 240 g/mol. The molecule has 0 amide bonds. The Kier molecular flexibility index (Phi) is 4.57. The molecule has 1 aromatic carbocycles. The first-order valence-corrected chi connectivity index (χ1v) is 5.06. The zero-order chi connectivity index (χ0) is 10.6. The summed E-state index contributed by atoms with van der Waals surface area (Å²) in [5.74, 6) is 5.77. The van der Waals surface area contributed by atoms with E-state index in [2.05, 4.69) is 17.2 Å². The van der Waals surface area contributed by atoms with Crippen LogP contribution in [0.25, 0.3) is 0 Å². The van der Waals surface area contributed by atoms with Gasteiger partial charge in [0.15, 0.2) is 0 Å². The molecule has 0 bridgehead atoms. The van der Waals surface area contributed by atoms with Crippen molar-refractivity contribution in [1.29, 1.82) is 0 Å². The number of hydrogen-bond acceptors (Lipinski definition) is 1. The smallest absolute Gasteiger partial charge is 0.0749 e. The fraction of sp³-hybridized carbons (Fsp3) is 0.200. The molecule has 1 nitrogen and oxygen atoms in total. The van der Waals surface area contributed by atoms with E-state index in [0.717, 1.165) is 0 Å². The van der Waals surface area contributed by atoms with Crippen LogP contribution in [-0.4, -0.2) is 13.6 Å². The Labute approximate surface area is 98.4 Å². The lowest BCUT2D eigenvalue weighted by Crippen LogP contribution is -2.04. The highest BCUT2D eigenvalue weighted by molar-refractivity contribution is 6.43. The van der Waals surface area contributed by atoms with E-state index < -0.39 is 0 Å². The van der Waals surface area contributed by atoms with E-state index in [-0.39, 0.29) is 0 Å². The van der Waals surface area contributed by atoms with Crippen LogP contribution in [0.4, 0.5) is 0 Å². The van der Waals surface area contributed by atoms with Crippen molar-refractivity contribution >= 4 is 34.8 Å². The predicted molar refractivity (Wildman–Crippen MR) is 62.3 cm³/mol. The molecule has 0 aromatic heterocycles. The summed E-state index contributed by atoms with van der Waals surface area (Å²) in [5, 5.41) is 4.31. The number of nitrogens with one attached hydrogen (secondary N) is 1. The predicted octanol–water partition coefficient (Wildman–Crippen LogP) is 3.22. The fourth-order valence-electron chi connectivity index (χ4n) is 0.875. The first-order chi connectivity index (χ1) is 6.65. The van der Waals surface area contributed by atoms with Gasteiger partial charge in [0.2, 0.25) is 0 Å². The maximum Gasteiger partial charge on any atom is 0.0749 e. The monoisotopic (exact) mass is 247 g/mol. The molecule has 0 fully saturated rings. The van der Waals surface area contributed by atoms with Gasteiger partial charge in [-0.25, -0.2) is 0 Å². The van der Waals surface area contributed by atoms with Crippen LogP contribution in [0.15, 0.2) is 12.1 Å². The Morgan fingerprint density at radius 1 is 1.29 bits per heavy atom. The van der Waals surface area contributed by atoms with Crippen LogP contribution >= 0.6 is 34.8 Å². The summed E-state index contributed by atoms with van der Waals surface area (Å²) in [6.45, 7) is 0.598. The SMILES string of the molecule is CNCC#Cc1cc(Cl)cc(Cl)c1Cl. The molecule has 1 rings (SSSR count). The molecule has 0 aliphatic heterocycles. The normalized spacial score (nSPS) is 9.43. The van der Waals surface area contributed by atoms with Gasteiger partial charge in [0.1, 0.15) is 0 Å². The largest absolute Gasteiger partial charge is 0.309 e. The van der Waals surface area contributed by atoms with Crippen LogP contribution in [0.1, 0.15) is 5.56 Å². The van der Waals surface area contributed by atoms with E-state index in [1.807, 2.05) is 7.05 Å². The molecule has 1 aromatic rings. The quantitative estimate of drug-likeness (QED) is 0.594. The molecule has 0 radical (unpaired) electrons. The zero-order valence-corrected chi connectivity index (χ0v) is 9.76. The molecule has 0 saturated heterocycles. The Balaban J connectivity index is 3.04. The average Bonchev–Trinajstić information content (AvgIpc) is 2.13. The van der Waals surface area contributed by atoms with Crippen LogP contribution in [0.2, 0.25) is 15.1 Å². The van der Waals surface area contributed by atoms with Gasteiger partial charge in [-0.1, -0.05) is 46.6 Å². The summed E-state index contributed by atoms with van der Waals surface area (Å²) >= 11 is 17.6. The lowest BCUT2D eigenvalue weighted by Gasteiger charge is -1.99. The van der Waals surface area contributed by atoms with Crippen LogP contribution < -0.4 is 5.32 Å². The minimum absolute atomic E-state index is 0.424. The third-order valence-corrected chi connectivity index (χ3v) is 2.50. The third-order valence-electron chi connectivity index (χ3n) is 1.48. The van der Waals surface area contributed by atoms with Crippen LogP contribution in [0.5, 0.6) is 0 Å². The Hall–Kier alpha value is -0.390. The maximum absolute atomic E-state index is 5.93. The second kappa shape index (κ2) is 5.48. The van der Waals surface area contributed by atoms with Gasteiger partial charge in [0, 0.05) is 10.6 Å². The third kappa shape index (κ3) is 3.08. The minimum Gasteiger partial charge on any atom is -0.309 e. The summed E-state index contributed by atoms with van der Waals surface area (Å²) in [6, 6.07) is 3.28. The van der Waals surface area contributed by atoms with Crippen molar-refractivity contribution in [1.82, 2.24) is 5.32 Å². The molecule has 74 valence electrons. The van der Waals surface area contributed by atoms with Crippen molar-refractivity contribution in [2.24, 2.45) is 0 Å². The molecule has 0 unspecified atom stereocenters. The molecule has 0 aliphatic carbocycles. The van der Waals surface area contributed by atoms with Crippen molar-refractivity contribution < 1.29 is 0 Å². The van der Waals surface area contributed by atoms with Gasteiger partial charge in [-0.2, -0.15) is 0 Å². The molecule has 0 atom stereocenters. The lowest BCUT2D eigenvalue weighted by atomic mass is 10.2. The molecule has 0 aliphatic rings. The van der Waals surface area contributed by atoms with E-state index >= 15 is 0 Å². The van der Waals surface area contributed by atoms with Gasteiger partial charge < -0.3 is 5.32 Å². The molecule has 4 heteroatoms. The van der Waals surface area contributed by atoms with Gasteiger partial charge in [-0.05, 0) is 19.2 Å². The van der Waals surface area contributed by atoms with Crippen LogP contribution in [-0.2, 0) is 0 Å². The number of rotatable bonds is 1. The maximum atomic E-state index is 5.93. The highest BCUT2D eigenvalue weighted by Gasteiger charge is 2.04. The van der Waals surface area contributed by atoms with Crippen LogP contribution in [0, 0.1) is 11.8 Å². The molecule has 14 heavy (non-hydrogen) atoms. The van der Waals surface area contributed by atoms with Gasteiger partial charge in [-0.15, -0.1) is 0 Å². The molecule has 0 spiro atoms. The van der Waals surface area contributed by atoms with E-state index in [0.29, 0.717) is 27.2 Å². The summed E-state index contributed by atoms with van der Waals surface area (Å²) in [6.07, 6.45) is 0. The Morgan fingerprint density at radius 3 is 2.64 bits per heavy atom. The molecule has 1 N–H and O–H groups in total. The summed E-state index contributed by atoms with van der Waals surface area (Å²) in [5.41, 5.74) is 0.652. The topological polar surface area (TPSA) is 12.0 Å². The van der Waals surface area contributed by atoms with Crippen LogP contribution in [0.3, 0.4) is 0 Å². The van der Waals surface area contributed by atoms with E-state index in [1.165, 1.54) is 0 Å². The number of hydrogen-bond donors (Lipinski definition) is 1. The van der Waals surface area contributed by atoms with E-state index in [9.17, 15) is 0 Å². The van der Waals surface area contributed by atoms with E-state index in [1.54, 1.807) is 12.1 Å². The molecule has 0 saturated carbocycles. The van der Waals surface area contributed by atoms with Crippen molar-refractivity contribution in [3.8, 4) is 11.8 Å². The second-order valence-electron chi connectivity index (χ2n) is 2.58. The van der Waals surface area contributed by atoms with Gasteiger partial charge in [0.05, 0.1) is 16.6 Å². The second-order valence-corrected chi connectivity index (χ2v) is 3.80. The molecule has 0 heterocycles. The highest BCUT2D eigenvalue weighted by Crippen LogP contribution is 2.28. The summed E-state index contributed by atoms with van der Waals surface area (Å²) < 4.78 is 0. The summed E-state index contributed by atoms with van der Waals surface area (Å²) in [4.78, 5) is 0. The van der Waals surface area contributed by atoms with Gasteiger partial charge >= 0.3 is 0 Å². The minimum atomic E-state index is 0.424. The zero-order valence-electron chi connectivity index (χ0n) is 7.50. The van der Waals surface area contributed by atoms with Crippen molar-refractivity contribution in [2.75, 3.05) is 13.6 Å². The van der Waals surface area contributed by atoms with Crippen molar-refractivity contribution in [3.63, 3.8) is 0 Å². The average molecular weight is 249 g/mol. The standard InChI is InChI=1S/C10H8Cl3N/c1-14-4-2-3-7-5-8(11)6-9(12)10(7)13/h5-6,14H,4H2,1H3. The first-order valence-electron chi connectivity index (χ1n) is 3.93. The highest BCUT2D eigenvalue weighted by atomic mass is 35.5. The van der Waals surface area contributed by atoms with Crippen molar-refractivity contribution in [3.05, 3.63) is 32.8 Å². The molecular formula is C10H8Cl3N. The fourth-order valence-corrected chi connectivity index (χ4v) is 1.52.